The lowest BCUT2D eigenvalue weighted by Gasteiger charge is -2.41. The van der Waals surface area contributed by atoms with Crippen molar-refractivity contribution in [3.63, 3.8) is 0 Å². The van der Waals surface area contributed by atoms with Crippen molar-refractivity contribution in [2.45, 2.75) is 31.2 Å². The van der Waals surface area contributed by atoms with E-state index in [9.17, 15) is 0 Å². The van der Waals surface area contributed by atoms with Gasteiger partial charge in [0.2, 0.25) is 0 Å². The Hall–Kier alpha value is -1.24. The van der Waals surface area contributed by atoms with Gasteiger partial charge in [0.1, 0.15) is 0 Å². The van der Waals surface area contributed by atoms with Gasteiger partial charge >= 0.3 is 0 Å². The van der Waals surface area contributed by atoms with E-state index >= 15 is 0 Å². The average molecular weight is 346 g/mol. The van der Waals surface area contributed by atoms with Crippen LogP contribution in [0.4, 0.5) is 5.82 Å². The van der Waals surface area contributed by atoms with Crippen LogP contribution < -0.4 is 10.2 Å². The number of H-pyrrole nitrogens is 1. The molecular weight excluding hydrogens is 318 g/mol. The fraction of sp³-hybridized carbons (Fsp3) is 0.611. The van der Waals surface area contributed by atoms with Crippen LogP contribution in [-0.2, 0) is 0 Å². The van der Waals surface area contributed by atoms with Gasteiger partial charge in [0.25, 0.3) is 0 Å². The second-order valence-corrected chi connectivity index (χ2v) is 7.97. The zero-order valence-corrected chi connectivity index (χ0v) is 15.2. The third-order valence-electron chi connectivity index (χ3n) is 5.21. The molecule has 0 bridgehead atoms. The Kier molecular flexibility index (Phi) is 4.96. The molecule has 2 unspecified atom stereocenters. The molecule has 24 heavy (non-hydrogen) atoms. The molecule has 3 heterocycles. The number of nitrogens with one attached hydrogen (secondary N) is 2. The molecule has 0 amide bonds. The Labute approximate surface area is 148 Å². The summed E-state index contributed by atoms with van der Waals surface area (Å²) in [5.74, 6) is 2.37. The zero-order chi connectivity index (χ0) is 16.4. The molecule has 2 atom stereocenters. The topological polar surface area (TPSA) is 47.2 Å². The van der Waals surface area contributed by atoms with Crippen molar-refractivity contribution in [2.24, 2.45) is 0 Å². The molecule has 2 fully saturated rings. The van der Waals surface area contributed by atoms with Crippen LogP contribution in [0.25, 0.3) is 10.9 Å². The molecule has 6 heteroatoms. The highest BCUT2D eigenvalue weighted by molar-refractivity contribution is 8.00. The Morgan fingerprint density at radius 1 is 1.25 bits per heavy atom. The molecule has 0 radical (unpaired) electrons. The molecule has 0 spiro atoms. The van der Waals surface area contributed by atoms with Crippen molar-refractivity contribution in [1.29, 1.82) is 0 Å². The van der Waals surface area contributed by atoms with Crippen LogP contribution in [0.1, 0.15) is 19.8 Å². The third-order valence-corrected chi connectivity index (χ3v) is 6.49. The highest BCUT2D eigenvalue weighted by Crippen LogP contribution is 2.28. The summed E-state index contributed by atoms with van der Waals surface area (Å²) in [6, 6.07) is 9.09. The lowest BCUT2D eigenvalue weighted by Crippen LogP contribution is -2.55. The molecule has 2 aromatic rings. The molecule has 130 valence electrons. The van der Waals surface area contributed by atoms with Gasteiger partial charge in [0.15, 0.2) is 5.82 Å². The van der Waals surface area contributed by atoms with Gasteiger partial charge in [-0.05, 0) is 18.6 Å². The molecule has 2 aliphatic rings. The monoisotopic (exact) mass is 345 g/mol. The highest BCUT2D eigenvalue weighted by Gasteiger charge is 2.32. The summed E-state index contributed by atoms with van der Waals surface area (Å²) < 4.78 is 0. The van der Waals surface area contributed by atoms with E-state index in [-0.39, 0.29) is 0 Å². The molecule has 1 aromatic heterocycles. The second kappa shape index (κ2) is 7.33. The molecule has 2 N–H and O–H groups in total. The van der Waals surface area contributed by atoms with E-state index in [1.807, 2.05) is 0 Å². The molecule has 0 aliphatic carbocycles. The number of piperazine rings is 1. The maximum Gasteiger partial charge on any atom is 0.158 e. The smallest absolute Gasteiger partial charge is 0.158 e. The first-order chi connectivity index (χ1) is 11.9. The molecule has 4 rings (SSSR count). The number of rotatable bonds is 5. The fourth-order valence-corrected chi connectivity index (χ4v) is 5.23. The lowest BCUT2D eigenvalue weighted by atomic mass is 10.1. The van der Waals surface area contributed by atoms with Crippen LogP contribution in [0.15, 0.2) is 24.3 Å². The van der Waals surface area contributed by atoms with Crippen LogP contribution in [0.2, 0.25) is 0 Å². The first kappa shape index (κ1) is 16.2. The van der Waals surface area contributed by atoms with Crippen molar-refractivity contribution >= 4 is 28.5 Å². The number of aromatic nitrogens is 2. The summed E-state index contributed by atoms with van der Waals surface area (Å²) in [7, 11) is 0. The minimum Gasteiger partial charge on any atom is -0.352 e. The van der Waals surface area contributed by atoms with Gasteiger partial charge in [-0.25, -0.2) is 0 Å². The minimum atomic E-state index is 0.614. The van der Waals surface area contributed by atoms with Crippen molar-refractivity contribution in [3.05, 3.63) is 24.3 Å². The Morgan fingerprint density at radius 2 is 2.08 bits per heavy atom. The number of para-hydroxylation sites is 1. The van der Waals surface area contributed by atoms with Gasteiger partial charge in [0, 0.05) is 49.9 Å². The van der Waals surface area contributed by atoms with Gasteiger partial charge < -0.3 is 10.2 Å². The van der Waals surface area contributed by atoms with Gasteiger partial charge in [-0.2, -0.15) is 5.10 Å². The van der Waals surface area contributed by atoms with E-state index in [2.05, 4.69) is 68.3 Å². The Morgan fingerprint density at radius 3 is 2.83 bits per heavy atom. The molecule has 0 saturated carbocycles. The SMILES string of the molecule is CCCC(C1NCCS1)N1CCN(c2n[nH]c3ccccc23)CC1. The number of aromatic amines is 1. The predicted octanol–water partition coefficient (Wildman–Crippen LogP) is 2.52. The zero-order valence-electron chi connectivity index (χ0n) is 14.4. The largest absolute Gasteiger partial charge is 0.352 e. The van der Waals surface area contributed by atoms with E-state index in [1.54, 1.807) is 0 Å². The maximum atomic E-state index is 4.57. The maximum absolute atomic E-state index is 4.57. The van der Waals surface area contributed by atoms with Gasteiger partial charge in [0.05, 0.1) is 10.9 Å². The van der Waals surface area contributed by atoms with Crippen LogP contribution in [0, 0.1) is 0 Å². The minimum absolute atomic E-state index is 0.614. The van der Waals surface area contributed by atoms with E-state index in [0.717, 1.165) is 44.1 Å². The predicted molar refractivity (Wildman–Crippen MR) is 103 cm³/mol. The van der Waals surface area contributed by atoms with E-state index in [4.69, 9.17) is 0 Å². The normalized spacial score (nSPS) is 23.9. The summed E-state index contributed by atoms with van der Waals surface area (Å²) in [4.78, 5) is 5.14. The molecule has 1 aromatic carbocycles. The van der Waals surface area contributed by atoms with Crippen molar-refractivity contribution < 1.29 is 0 Å². The van der Waals surface area contributed by atoms with Crippen molar-refractivity contribution in [1.82, 2.24) is 20.4 Å². The van der Waals surface area contributed by atoms with Crippen LogP contribution >= 0.6 is 11.8 Å². The summed E-state index contributed by atoms with van der Waals surface area (Å²) in [5.41, 5.74) is 1.13. The number of hydrogen-bond acceptors (Lipinski definition) is 5. The first-order valence-electron chi connectivity index (χ1n) is 9.14. The van der Waals surface area contributed by atoms with Crippen LogP contribution in [0.3, 0.4) is 0 Å². The van der Waals surface area contributed by atoms with Gasteiger partial charge in [-0.15, -0.1) is 11.8 Å². The number of nitrogens with zero attached hydrogens (tertiary/aromatic N) is 3. The van der Waals surface area contributed by atoms with Gasteiger partial charge in [-0.3, -0.25) is 10.00 Å². The molecular formula is C18H27N5S. The first-order valence-corrected chi connectivity index (χ1v) is 10.2. The number of hydrogen-bond donors (Lipinski definition) is 2. The van der Waals surface area contributed by atoms with Crippen LogP contribution in [0.5, 0.6) is 0 Å². The van der Waals surface area contributed by atoms with Gasteiger partial charge in [-0.1, -0.05) is 25.5 Å². The quantitative estimate of drug-likeness (QED) is 0.872. The van der Waals surface area contributed by atoms with Crippen molar-refractivity contribution in [2.75, 3.05) is 43.4 Å². The van der Waals surface area contributed by atoms with E-state index in [1.165, 1.54) is 24.0 Å². The second-order valence-electron chi connectivity index (χ2n) is 6.72. The summed E-state index contributed by atoms with van der Waals surface area (Å²) >= 11 is 2.10. The van der Waals surface area contributed by atoms with Crippen LogP contribution in [-0.4, -0.2) is 65.0 Å². The Bertz CT molecular complexity index is 658. The summed E-state index contributed by atoms with van der Waals surface area (Å²) in [5, 5.41) is 13.3. The number of anilines is 1. The summed E-state index contributed by atoms with van der Waals surface area (Å²) in [6.07, 6.45) is 2.55. The lowest BCUT2D eigenvalue weighted by molar-refractivity contribution is 0.165. The third kappa shape index (κ3) is 3.15. The molecule has 5 nitrogen and oxygen atoms in total. The number of thioether (sulfide) groups is 1. The van der Waals surface area contributed by atoms with E-state index in [0.29, 0.717) is 11.4 Å². The highest BCUT2D eigenvalue weighted by atomic mass is 32.2. The fourth-order valence-electron chi connectivity index (χ4n) is 3.97. The average Bonchev–Trinajstić information content (AvgIpc) is 3.30. The molecule has 2 aliphatic heterocycles. The standard InChI is InChI=1S/C18H27N5S/c1-2-5-16(18-19-8-13-24-18)22-9-11-23(12-10-22)17-14-6-3-4-7-15(14)20-21-17/h3-4,6-7,16,18-19H,2,5,8-13H2,1H3,(H,20,21). The number of fused-ring (bicyclic) bond motifs is 1. The number of benzene rings is 1. The van der Waals surface area contributed by atoms with E-state index < -0.39 is 0 Å². The summed E-state index contributed by atoms with van der Waals surface area (Å²) in [6.45, 7) is 7.85. The Balaban J connectivity index is 1.44. The molecule has 2 saturated heterocycles. The van der Waals surface area contributed by atoms with Crippen molar-refractivity contribution in [3.8, 4) is 0 Å².